The number of hydrogen-bond donors (Lipinski definition) is 0. The molecule has 2 aliphatic rings. The maximum atomic E-state index is 12.6. The van der Waals surface area contributed by atoms with Crippen LogP contribution in [0.4, 0.5) is 18.9 Å². The van der Waals surface area contributed by atoms with Gasteiger partial charge in [-0.25, -0.2) is 0 Å². The summed E-state index contributed by atoms with van der Waals surface area (Å²) in [5.41, 5.74) is 0.124. The quantitative estimate of drug-likeness (QED) is 0.622. The molecule has 1 aromatic rings. The van der Waals surface area contributed by atoms with Gasteiger partial charge in [0.05, 0.1) is 10.8 Å². The van der Waals surface area contributed by atoms with Crippen molar-refractivity contribution in [3.8, 4) is 0 Å². The van der Waals surface area contributed by atoms with E-state index in [2.05, 4.69) is 0 Å². The summed E-state index contributed by atoms with van der Waals surface area (Å²) in [7, 11) is 0. The maximum absolute atomic E-state index is 12.6. The Balaban J connectivity index is 1.65. The number of nitrogens with zero attached hydrogens (tertiary/aromatic N) is 2. The van der Waals surface area contributed by atoms with Crippen molar-refractivity contribution in [2.75, 3.05) is 13.1 Å². The van der Waals surface area contributed by atoms with Crippen LogP contribution >= 0.6 is 0 Å². The van der Waals surface area contributed by atoms with Crippen molar-refractivity contribution in [2.24, 2.45) is 17.8 Å². The first-order valence-corrected chi connectivity index (χ1v) is 6.39. The third-order valence-electron chi connectivity index (χ3n) is 4.18. The number of benzene rings is 1. The molecule has 1 aliphatic heterocycles. The summed E-state index contributed by atoms with van der Waals surface area (Å²) in [6.07, 6.45) is -4.18. The molecule has 0 N–H and O–H groups in total. The lowest BCUT2D eigenvalue weighted by atomic mass is 10.1. The number of nitro benzene ring substituents is 1. The van der Waals surface area contributed by atoms with Crippen LogP contribution in [0.25, 0.3) is 0 Å². The zero-order valence-electron chi connectivity index (χ0n) is 10.7. The number of piperidine rings is 1. The molecule has 3 rings (SSSR count). The van der Waals surface area contributed by atoms with Gasteiger partial charge < -0.3 is 4.90 Å². The van der Waals surface area contributed by atoms with Crippen molar-refractivity contribution in [1.29, 1.82) is 0 Å². The highest BCUT2D eigenvalue weighted by Crippen LogP contribution is 2.59. The topological polar surface area (TPSA) is 63.4 Å². The average molecular weight is 300 g/mol. The lowest BCUT2D eigenvalue weighted by Gasteiger charge is -2.20. The van der Waals surface area contributed by atoms with Crippen molar-refractivity contribution in [3.05, 3.63) is 39.9 Å². The van der Waals surface area contributed by atoms with Gasteiger partial charge in [0.25, 0.3) is 11.6 Å². The molecule has 1 amide bonds. The Bertz CT molecular complexity index is 588. The standard InChI is InChI=1S/C13H11F3N2O3/c14-13(15,16)11-9-5-17(6-10(9)11)12(19)7-1-3-8(4-2-7)18(20)21/h1-4,9-11H,5-6H2/t9-,10+,11?. The Hall–Kier alpha value is -2.12. The molecule has 2 fully saturated rings. The van der Waals surface area contributed by atoms with Crippen LogP contribution in [0.3, 0.4) is 0 Å². The van der Waals surface area contributed by atoms with Crippen LogP contribution in [0.1, 0.15) is 10.4 Å². The van der Waals surface area contributed by atoms with E-state index in [4.69, 9.17) is 0 Å². The zero-order chi connectivity index (χ0) is 15.4. The summed E-state index contributed by atoms with van der Waals surface area (Å²) < 4.78 is 37.7. The fourth-order valence-corrected chi connectivity index (χ4v) is 3.09. The second-order valence-electron chi connectivity index (χ2n) is 5.41. The van der Waals surface area contributed by atoms with Gasteiger partial charge in [0.2, 0.25) is 0 Å². The smallest absolute Gasteiger partial charge is 0.338 e. The van der Waals surface area contributed by atoms with Crippen molar-refractivity contribution >= 4 is 11.6 Å². The van der Waals surface area contributed by atoms with Crippen LogP contribution in [0.5, 0.6) is 0 Å². The maximum Gasteiger partial charge on any atom is 0.392 e. The summed E-state index contributed by atoms with van der Waals surface area (Å²) in [5, 5.41) is 10.5. The van der Waals surface area contributed by atoms with E-state index in [1.165, 1.54) is 29.2 Å². The Morgan fingerprint density at radius 3 is 2.14 bits per heavy atom. The summed E-state index contributed by atoms with van der Waals surface area (Å²) in [6, 6.07) is 5.07. The van der Waals surface area contributed by atoms with Gasteiger partial charge in [-0.15, -0.1) is 0 Å². The van der Waals surface area contributed by atoms with E-state index in [1.807, 2.05) is 0 Å². The van der Waals surface area contributed by atoms with Crippen molar-refractivity contribution in [3.63, 3.8) is 0 Å². The van der Waals surface area contributed by atoms with Gasteiger partial charge in [0.15, 0.2) is 0 Å². The summed E-state index contributed by atoms with van der Waals surface area (Å²) in [6.45, 7) is 0.204. The first-order valence-electron chi connectivity index (χ1n) is 6.39. The van der Waals surface area contributed by atoms with Crippen molar-refractivity contribution in [1.82, 2.24) is 4.90 Å². The molecule has 8 heteroatoms. The molecule has 0 spiro atoms. The number of halogens is 3. The molecule has 0 radical (unpaired) electrons. The van der Waals surface area contributed by atoms with E-state index < -0.39 is 28.9 Å². The predicted molar refractivity (Wildman–Crippen MR) is 65.5 cm³/mol. The van der Waals surface area contributed by atoms with Crippen molar-refractivity contribution in [2.45, 2.75) is 6.18 Å². The SMILES string of the molecule is O=C(c1ccc([N+](=O)[O-])cc1)N1C[C@@H]2C(C(F)(F)F)[C@@H]2C1. The Labute approximate surface area is 117 Å². The van der Waals surface area contributed by atoms with E-state index in [1.54, 1.807) is 0 Å². The van der Waals surface area contributed by atoms with E-state index >= 15 is 0 Å². The first kappa shape index (κ1) is 13.8. The first-order chi connectivity index (χ1) is 9.79. The summed E-state index contributed by atoms with van der Waals surface area (Å²) >= 11 is 0. The molecule has 1 unspecified atom stereocenters. The Morgan fingerprint density at radius 2 is 1.71 bits per heavy atom. The number of rotatable bonds is 2. The van der Waals surface area contributed by atoms with Crippen molar-refractivity contribution < 1.29 is 22.9 Å². The molecule has 112 valence electrons. The number of amides is 1. The molecule has 1 aromatic carbocycles. The minimum Gasteiger partial charge on any atom is -0.338 e. The van der Waals surface area contributed by atoms with Gasteiger partial charge in [-0.05, 0) is 24.0 Å². The van der Waals surface area contributed by atoms with Crippen LogP contribution in [-0.4, -0.2) is 35.0 Å². The van der Waals surface area contributed by atoms with Gasteiger partial charge in [-0.3, -0.25) is 14.9 Å². The van der Waals surface area contributed by atoms with Crippen LogP contribution in [0, 0.1) is 27.9 Å². The average Bonchev–Trinajstić information content (AvgIpc) is 2.96. The highest BCUT2D eigenvalue weighted by atomic mass is 19.4. The Kier molecular flexibility index (Phi) is 2.93. The van der Waals surface area contributed by atoms with E-state index in [0.29, 0.717) is 0 Å². The summed E-state index contributed by atoms with van der Waals surface area (Å²) in [4.78, 5) is 23.5. The normalized spacial score (nSPS) is 27.4. The second-order valence-corrected chi connectivity index (χ2v) is 5.41. The third kappa shape index (κ3) is 2.34. The lowest BCUT2D eigenvalue weighted by molar-refractivity contribution is -0.384. The number of non-ortho nitro benzene ring substituents is 1. The number of hydrogen-bond acceptors (Lipinski definition) is 3. The van der Waals surface area contributed by atoms with Gasteiger partial charge in [0, 0.05) is 30.8 Å². The summed E-state index contributed by atoms with van der Waals surface area (Å²) in [5.74, 6) is -2.64. The Morgan fingerprint density at radius 1 is 1.19 bits per heavy atom. The monoisotopic (exact) mass is 300 g/mol. The predicted octanol–water partition coefficient (Wildman–Crippen LogP) is 2.48. The zero-order valence-corrected chi connectivity index (χ0v) is 10.7. The molecular formula is C13H11F3N2O3. The third-order valence-corrected chi connectivity index (χ3v) is 4.18. The molecule has 1 heterocycles. The van der Waals surface area contributed by atoms with Gasteiger partial charge in [-0.2, -0.15) is 13.2 Å². The molecule has 3 atom stereocenters. The number of likely N-dealkylation sites (tertiary alicyclic amines) is 1. The largest absolute Gasteiger partial charge is 0.392 e. The molecule has 5 nitrogen and oxygen atoms in total. The lowest BCUT2D eigenvalue weighted by Crippen LogP contribution is -2.33. The molecule has 0 bridgehead atoms. The highest BCUT2D eigenvalue weighted by Gasteiger charge is 2.67. The number of alkyl halides is 3. The molecule has 1 saturated heterocycles. The minimum absolute atomic E-state index is 0.102. The van der Waals surface area contributed by atoms with E-state index in [-0.39, 0.29) is 30.2 Å². The minimum atomic E-state index is -4.18. The number of carbonyl (C=O) groups is 1. The van der Waals surface area contributed by atoms with Crippen LogP contribution in [0.15, 0.2) is 24.3 Å². The number of nitro groups is 1. The van der Waals surface area contributed by atoms with E-state index in [9.17, 15) is 28.1 Å². The molecule has 1 saturated carbocycles. The fraction of sp³-hybridized carbons (Fsp3) is 0.462. The number of fused-ring (bicyclic) bond motifs is 1. The van der Waals surface area contributed by atoms with Crippen LogP contribution < -0.4 is 0 Å². The number of carbonyl (C=O) groups excluding carboxylic acids is 1. The van der Waals surface area contributed by atoms with Gasteiger partial charge in [-0.1, -0.05) is 0 Å². The highest BCUT2D eigenvalue weighted by molar-refractivity contribution is 5.94. The molecular weight excluding hydrogens is 289 g/mol. The fourth-order valence-electron chi connectivity index (χ4n) is 3.09. The van der Waals surface area contributed by atoms with Gasteiger partial charge in [0.1, 0.15) is 0 Å². The molecule has 21 heavy (non-hydrogen) atoms. The van der Waals surface area contributed by atoms with Gasteiger partial charge >= 0.3 is 6.18 Å². The van der Waals surface area contributed by atoms with Crippen LogP contribution in [-0.2, 0) is 0 Å². The second kappa shape index (κ2) is 4.44. The van der Waals surface area contributed by atoms with E-state index in [0.717, 1.165) is 0 Å². The molecule has 0 aromatic heterocycles. The molecule has 1 aliphatic carbocycles. The van der Waals surface area contributed by atoms with Crippen LogP contribution in [0.2, 0.25) is 0 Å².